The zero-order chi connectivity index (χ0) is 20.4. The zero-order valence-corrected chi connectivity index (χ0v) is 17.6. The summed E-state index contributed by atoms with van der Waals surface area (Å²) in [5.41, 5.74) is 3.04. The molecule has 0 radical (unpaired) electrons. The van der Waals surface area contributed by atoms with Gasteiger partial charge >= 0.3 is 5.97 Å². The zero-order valence-electron chi connectivity index (χ0n) is 16.1. The number of carbonyl (C=O) groups is 2. The first-order valence-electron chi connectivity index (χ1n) is 9.21. The lowest BCUT2D eigenvalue weighted by molar-refractivity contribution is -0.148. The van der Waals surface area contributed by atoms with Gasteiger partial charge in [-0.2, -0.15) is 5.10 Å². The largest absolute Gasteiger partial charge is 0.455 e. The Bertz CT molecular complexity index is 906. The molecule has 1 aromatic carbocycles. The molecule has 1 heterocycles. The van der Waals surface area contributed by atoms with Crippen LogP contribution in [0.1, 0.15) is 36.7 Å². The van der Waals surface area contributed by atoms with Crippen LogP contribution in [-0.4, -0.2) is 34.3 Å². The highest BCUT2D eigenvalue weighted by Crippen LogP contribution is 2.32. The molecule has 1 aliphatic carbocycles. The molecule has 0 bridgehead atoms. The Labute approximate surface area is 174 Å². The van der Waals surface area contributed by atoms with Crippen LogP contribution in [0.2, 0.25) is 10.0 Å². The summed E-state index contributed by atoms with van der Waals surface area (Å²) in [6, 6.07) is 5.35. The molecule has 8 heteroatoms. The van der Waals surface area contributed by atoms with Crippen LogP contribution in [0, 0.1) is 19.8 Å². The smallest absolute Gasteiger partial charge is 0.310 e. The lowest BCUT2D eigenvalue weighted by Gasteiger charge is -2.12. The molecule has 0 saturated heterocycles. The normalized spacial score (nSPS) is 14.6. The number of aromatic nitrogens is 2. The number of nitrogens with one attached hydrogen (secondary N) is 1. The van der Waals surface area contributed by atoms with Gasteiger partial charge < -0.3 is 10.1 Å². The van der Waals surface area contributed by atoms with Crippen molar-refractivity contribution in [2.45, 2.75) is 46.1 Å². The van der Waals surface area contributed by atoms with Gasteiger partial charge in [0.15, 0.2) is 6.61 Å². The summed E-state index contributed by atoms with van der Waals surface area (Å²) < 4.78 is 6.85. The van der Waals surface area contributed by atoms with Crippen LogP contribution in [0.25, 0.3) is 5.69 Å². The highest BCUT2D eigenvalue weighted by molar-refractivity contribution is 6.42. The van der Waals surface area contributed by atoms with Crippen LogP contribution in [0.15, 0.2) is 18.2 Å². The summed E-state index contributed by atoms with van der Waals surface area (Å²) in [5, 5.41) is 8.25. The van der Waals surface area contributed by atoms with Crippen LogP contribution in [0.3, 0.4) is 0 Å². The lowest BCUT2D eigenvalue weighted by Crippen LogP contribution is -2.37. The molecule has 1 aromatic heterocycles. The van der Waals surface area contributed by atoms with E-state index >= 15 is 0 Å². The molecule has 0 aliphatic heterocycles. The van der Waals surface area contributed by atoms with Gasteiger partial charge in [-0.05, 0) is 57.7 Å². The minimum Gasteiger partial charge on any atom is -0.455 e. The minimum atomic E-state index is -0.464. The number of hydrogen-bond acceptors (Lipinski definition) is 4. The molecular weight excluding hydrogens is 401 g/mol. The van der Waals surface area contributed by atoms with Crippen LogP contribution in [0.4, 0.5) is 0 Å². The van der Waals surface area contributed by atoms with E-state index in [2.05, 4.69) is 10.4 Å². The third-order valence-corrected chi connectivity index (χ3v) is 5.73. The molecule has 1 amide bonds. The van der Waals surface area contributed by atoms with Crippen LogP contribution in [0.5, 0.6) is 0 Å². The van der Waals surface area contributed by atoms with Crippen molar-refractivity contribution < 1.29 is 14.3 Å². The molecule has 1 atom stereocenters. The first-order valence-corrected chi connectivity index (χ1v) is 9.97. The van der Waals surface area contributed by atoms with Crippen molar-refractivity contribution in [2.75, 3.05) is 6.61 Å². The van der Waals surface area contributed by atoms with E-state index in [1.807, 2.05) is 20.8 Å². The Kier molecular flexibility index (Phi) is 6.30. The van der Waals surface area contributed by atoms with Crippen molar-refractivity contribution >= 4 is 35.1 Å². The Hall–Kier alpha value is -2.05. The predicted molar refractivity (Wildman–Crippen MR) is 108 cm³/mol. The highest BCUT2D eigenvalue weighted by atomic mass is 35.5. The summed E-state index contributed by atoms with van der Waals surface area (Å²) in [6.45, 7) is 5.40. The van der Waals surface area contributed by atoms with Crippen molar-refractivity contribution in [3.63, 3.8) is 0 Å². The van der Waals surface area contributed by atoms with Gasteiger partial charge in [0, 0.05) is 17.3 Å². The Balaban J connectivity index is 1.62. The summed E-state index contributed by atoms with van der Waals surface area (Å²) in [6.07, 6.45) is 2.33. The monoisotopic (exact) mass is 423 g/mol. The van der Waals surface area contributed by atoms with Crippen molar-refractivity contribution in [1.82, 2.24) is 15.1 Å². The van der Waals surface area contributed by atoms with Crippen LogP contribution < -0.4 is 5.32 Å². The van der Waals surface area contributed by atoms with E-state index in [4.69, 9.17) is 27.9 Å². The van der Waals surface area contributed by atoms with Crippen molar-refractivity contribution in [2.24, 2.45) is 5.92 Å². The fourth-order valence-corrected chi connectivity index (χ4v) is 3.44. The number of esters is 1. The number of rotatable bonds is 7. The summed E-state index contributed by atoms with van der Waals surface area (Å²) in [4.78, 5) is 24.1. The second kappa shape index (κ2) is 8.53. The molecule has 1 N–H and O–H groups in total. The standard InChI is InChI=1S/C20H23Cl2N3O3/c1-11(14-4-5-14)23-19(26)10-28-20(27)9-16-12(2)24-25(13(16)3)15-6-7-17(21)18(22)8-15/h6-8,11,14H,4-5,9-10H2,1-3H3,(H,23,26). The van der Waals surface area contributed by atoms with E-state index in [-0.39, 0.29) is 25.0 Å². The first kappa shape index (κ1) is 20.7. The average molecular weight is 424 g/mol. The topological polar surface area (TPSA) is 73.2 Å². The van der Waals surface area contributed by atoms with Gasteiger partial charge in [-0.15, -0.1) is 0 Å². The van der Waals surface area contributed by atoms with Crippen molar-refractivity contribution in [3.05, 3.63) is 45.2 Å². The molecule has 1 aliphatic rings. The fraction of sp³-hybridized carbons (Fsp3) is 0.450. The third-order valence-electron chi connectivity index (χ3n) is 4.99. The van der Waals surface area contributed by atoms with Crippen LogP contribution in [-0.2, 0) is 20.7 Å². The number of hydrogen-bond donors (Lipinski definition) is 1. The van der Waals surface area contributed by atoms with E-state index in [1.54, 1.807) is 22.9 Å². The molecule has 6 nitrogen and oxygen atoms in total. The molecule has 28 heavy (non-hydrogen) atoms. The highest BCUT2D eigenvalue weighted by Gasteiger charge is 2.29. The van der Waals surface area contributed by atoms with E-state index in [1.165, 1.54) is 0 Å². The quantitative estimate of drug-likeness (QED) is 0.687. The molecule has 1 fully saturated rings. The number of nitrogens with zero attached hydrogens (tertiary/aromatic N) is 2. The molecule has 1 saturated carbocycles. The number of amides is 1. The first-order chi connectivity index (χ1) is 13.3. The van der Waals surface area contributed by atoms with Crippen LogP contribution >= 0.6 is 23.2 Å². The summed E-state index contributed by atoms with van der Waals surface area (Å²) >= 11 is 12.1. The molecule has 3 rings (SSSR count). The van der Waals surface area contributed by atoms with E-state index in [9.17, 15) is 9.59 Å². The molecule has 150 valence electrons. The number of ether oxygens (including phenoxy) is 1. The van der Waals surface area contributed by atoms with Gasteiger partial charge in [0.05, 0.1) is 27.8 Å². The maximum atomic E-state index is 12.2. The summed E-state index contributed by atoms with van der Waals surface area (Å²) in [7, 11) is 0. The second-order valence-electron chi connectivity index (χ2n) is 7.19. The maximum Gasteiger partial charge on any atom is 0.310 e. The lowest BCUT2D eigenvalue weighted by atomic mass is 10.1. The predicted octanol–water partition coefficient (Wildman–Crippen LogP) is 3.80. The average Bonchev–Trinajstić information content (AvgIpc) is 3.45. The summed E-state index contributed by atoms with van der Waals surface area (Å²) in [5.74, 6) is -0.182. The second-order valence-corrected chi connectivity index (χ2v) is 8.01. The van der Waals surface area contributed by atoms with Gasteiger partial charge in [-0.25, -0.2) is 4.68 Å². The fourth-order valence-electron chi connectivity index (χ4n) is 3.15. The molecule has 2 aromatic rings. The number of benzene rings is 1. The molecule has 1 unspecified atom stereocenters. The van der Waals surface area contributed by atoms with Gasteiger partial charge in [-0.3, -0.25) is 9.59 Å². The SMILES string of the molecule is Cc1nn(-c2ccc(Cl)c(Cl)c2)c(C)c1CC(=O)OCC(=O)NC(C)C1CC1. The Morgan fingerprint density at radius 2 is 2.00 bits per heavy atom. The molecular formula is C20H23Cl2N3O3. The number of halogens is 2. The van der Waals surface area contributed by atoms with Gasteiger partial charge in [-0.1, -0.05) is 23.2 Å². The van der Waals surface area contributed by atoms with Crippen molar-refractivity contribution in [3.8, 4) is 5.69 Å². The number of aryl methyl sites for hydroxylation is 1. The number of carbonyl (C=O) groups excluding carboxylic acids is 2. The van der Waals surface area contributed by atoms with E-state index < -0.39 is 5.97 Å². The van der Waals surface area contributed by atoms with Gasteiger partial charge in [0.25, 0.3) is 5.91 Å². The van der Waals surface area contributed by atoms with E-state index in [0.29, 0.717) is 21.7 Å². The third kappa shape index (κ3) is 4.86. The maximum absolute atomic E-state index is 12.2. The van der Waals surface area contributed by atoms with E-state index in [0.717, 1.165) is 29.8 Å². The Morgan fingerprint density at radius 3 is 2.64 bits per heavy atom. The van der Waals surface area contributed by atoms with Gasteiger partial charge in [0.2, 0.25) is 0 Å². The minimum absolute atomic E-state index is 0.0461. The Morgan fingerprint density at radius 1 is 1.29 bits per heavy atom. The van der Waals surface area contributed by atoms with Gasteiger partial charge in [0.1, 0.15) is 0 Å². The van der Waals surface area contributed by atoms with Crippen molar-refractivity contribution in [1.29, 1.82) is 0 Å². The molecule has 0 spiro atoms.